The molecule has 1 N–H and O–H groups in total. The van der Waals surface area contributed by atoms with Crippen molar-refractivity contribution in [3.8, 4) is 0 Å². The first kappa shape index (κ1) is 18.4. The van der Waals surface area contributed by atoms with Crippen molar-refractivity contribution in [1.82, 2.24) is 9.62 Å². The Morgan fingerprint density at radius 3 is 2.57 bits per heavy atom. The van der Waals surface area contributed by atoms with Crippen LogP contribution in [0.5, 0.6) is 0 Å². The van der Waals surface area contributed by atoms with Crippen LogP contribution in [-0.2, 0) is 15.8 Å². The lowest BCUT2D eigenvalue weighted by molar-refractivity contribution is 0.140. The first-order valence-corrected chi connectivity index (χ1v) is 10.2. The lowest BCUT2D eigenvalue weighted by Crippen LogP contribution is -2.40. The maximum absolute atomic E-state index is 12.1. The van der Waals surface area contributed by atoms with Gasteiger partial charge in [-0.15, -0.1) is 0 Å². The molecule has 1 heterocycles. The molecular weight excluding hydrogens is 308 g/mol. The molecule has 0 spiro atoms. The van der Waals surface area contributed by atoms with E-state index in [1.165, 1.54) is 6.42 Å². The quantitative estimate of drug-likeness (QED) is 0.778. The smallest absolute Gasteiger partial charge is 0.215 e. The van der Waals surface area contributed by atoms with E-state index in [4.69, 9.17) is 0 Å². The zero-order valence-corrected chi connectivity index (χ0v) is 15.4. The first-order valence-electron chi connectivity index (χ1n) is 8.59. The average Bonchev–Trinajstić information content (AvgIpc) is 2.42. The van der Waals surface area contributed by atoms with Gasteiger partial charge in [-0.2, -0.15) is 0 Å². The predicted molar refractivity (Wildman–Crippen MR) is 95.8 cm³/mol. The van der Waals surface area contributed by atoms with E-state index >= 15 is 0 Å². The number of hydrogen-bond acceptors (Lipinski definition) is 3. The molecule has 1 saturated heterocycles. The van der Waals surface area contributed by atoms with Gasteiger partial charge in [-0.05, 0) is 43.7 Å². The molecular formula is C18H30N2O2S. The number of nitrogens with zero attached hydrogens (tertiary/aromatic N) is 1. The van der Waals surface area contributed by atoms with Crippen LogP contribution < -0.4 is 4.72 Å². The van der Waals surface area contributed by atoms with E-state index in [2.05, 4.69) is 23.5 Å². The number of benzene rings is 1. The molecule has 1 aromatic rings. The van der Waals surface area contributed by atoms with Gasteiger partial charge in [0.2, 0.25) is 10.0 Å². The molecule has 2 rings (SSSR count). The largest absolute Gasteiger partial charge is 0.303 e. The minimum atomic E-state index is -3.24. The standard InChI is InChI=1S/C18H30N2O2S/c1-15-6-4-7-18(11-15)14-23(21,22)19-8-5-9-20-12-16(2)10-17(3)13-20/h4,6-7,11,16-17,19H,5,8-10,12-14H2,1-3H3/t16-,17-/m1/s1. The van der Waals surface area contributed by atoms with Crippen molar-refractivity contribution < 1.29 is 8.42 Å². The summed E-state index contributed by atoms with van der Waals surface area (Å²) in [5.74, 6) is 1.56. The lowest BCUT2D eigenvalue weighted by atomic mass is 9.92. The summed E-state index contributed by atoms with van der Waals surface area (Å²) in [6.07, 6.45) is 2.17. The molecule has 0 bridgehead atoms. The summed E-state index contributed by atoms with van der Waals surface area (Å²) >= 11 is 0. The lowest BCUT2D eigenvalue weighted by Gasteiger charge is -2.34. The number of piperidine rings is 1. The minimum Gasteiger partial charge on any atom is -0.303 e. The van der Waals surface area contributed by atoms with Crippen molar-refractivity contribution >= 4 is 10.0 Å². The van der Waals surface area contributed by atoms with Gasteiger partial charge >= 0.3 is 0 Å². The Hall–Kier alpha value is -0.910. The highest BCUT2D eigenvalue weighted by Gasteiger charge is 2.21. The zero-order chi connectivity index (χ0) is 16.9. The summed E-state index contributed by atoms with van der Waals surface area (Å²) in [5, 5.41) is 0. The topological polar surface area (TPSA) is 49.4 Å². The number of likely N-dealkylation sites (tertiary alicyclic amines) is 1. The number of hydrogen-bond donors (Lipinski definition) is 1. The third-order valence-corrected chi connectivity index (χ3v) is 5.71. The average molecular weight is 339 g/mol. The molecule has 130 valence electrons. The Labute approximate surface area is 141 Å². The third kappa shape index (κ3) is 6.61. The highest BCUT2D eigenvalue weighted by molar-refractivity contribution is 7.88. The van der Waals surface area contributed by atoms with Gasteiger partial charge in [-0.1, -0.05) is 43.7 Å². The SMILES string of the molecule is Cc1cccc(CS(=O)(=O)NCCCN2C[C@H](C)C[C@@H](C)C2)c1. The van der Waals surface area contributed by atoms with Crippen LogP contribution in [0.3, 0.4) is 0 Å². The van der Waals surface area contributed by atoms with Crippen molar-refractivity contribution in [2.24, 2.45) is 11.8 Å². The summed E-state index contributed by atoms with van der Waals surface area (Å²) in [5.41, 5.74) is 1.93. The molecule has 0 unspecified atom stereocenters. The van der Waals surface area contributed by atoms with Gasteiger partial charge in [-0.3, -0.25) is 0 Å². The Kier molecular flexibility index (Phi) is 6.62. The molecule has 5 heteroatoms. The molecule has 1 aliphatic heterocycles. The Morgan fingerprint density at radius 2 is 1.91 bits per heavy atom. The van der Waals surface area contributed by atoms with Gasteiger partial charge in [0.15, 0.2) is 0 Å². The van der Waals surface area contributed by atoms with Gasteiger partial charge < -0.3 is 4.90 Å². The van der Waals surface area contributed by atoms with Crippen molar-refractivity contribution in [1.29, 1.82) is 0 Å². The van der Waals surface area contributed by atoms with Gasteiger partial charge in [0, 0.05) is 19.6 Å². The van der Waals surface area contributed by atoms with Crippen LogP contribution in [0.2, 0.25) is 0 Å². The fraction of sp³-hybridized carbons (Fsp3) is 0.667. The van der Waals surface area contributed by atoms with E-state index in [1.54, 1.807) is 0 Å². The number of aryl methyl sites for hydroxylation is 1. The Bertz CT molecular complexity index is 591. The van der Waals surface area contributed by atoms with Crippen LogP contribution in [0.1, 0.15) is 37.8 Å². The molecule has 0 aromatic heterocycles. The van der Waals surface area contributed by atoms with Crippen LogP contribution in [0.4, 0.5) is 0 Å². The maximum atomic E-state index is 12.1. The van der Waals surface area contributed by atoms with Gasteiger partial charge in [0.05, 0.1) is 5.75 Å². The predicted octanol–water partition coefficient (Wildman–Crippen LogP) is 2.78. The fourth-order valence-corrected chi connectivity index (χ4v) is 4.75. The number of rotatable bonds is 7. The molecule has 1 aliphatic rings. The Balaban J connectivity index is 1.72. The number of nitrogens with one attached hydrogen (secondary N) is 1. The molecule has 1 aromatic carbocycles. The molecule has 4 nitrogen and oxygen atoms in total. The van der Waals surface area contributed by atoms with Crippen molar-refractivity contribution in [3.63, 3.8) is 0 Å². The molecule has 0 radical (unpaired) electrons. The van der Waals surface area contributed by atoms with Crippen LogP contribution in [0, 0.1) is 18.8 Å². The zero-order valence-electron chi connectivity index (χ0n) is 14.6. The van der Waals surface area contributed by atoms with E-state index in [0.29, 0.717) is 6.54 Å². The van der Waals surface area contributed by atoms with E-state index in [1.807, 2.05) is 31.2 Å². The summed E-state index contributed by atoms with van der Waals surface area (Å²) in [6, 6.07) is 7.67. The van der Waals surface area contributed by atoms with E-state index < -0.39 is 10.0 Å². The van der Waals surface area contributed by atoms with Crippen molar-refractivity contribution in [2.75, 3.05) is 26.2 Å². The van der Waals surface area contributed by atoms with Crippen LogP contribution in [0.15, 0.2) is 24.3 Å². The first-order chi connectivity index (χ1) is 10.8. The van der Waals surface area contributed by atoms with Gasteiger partial charge in [0.1, 0.15) is 0 Å². The maximum Gasteiger partial charge on any atom is 0.215 e. The van der Waals surface area contributed by atoms with Gasteiger partial charge in [-0.25, -0.2) is 13.1 Å². The Morgan fingerprint density at radius 1 is 1.22 bits per heavy atom. The van der Waals surface area contributed by atoms with Crippen molar-refractivity contribution in [3.05, 3.63) is 35.4 Å². The monoisotopic (exact) mass is 338 g/mol. The molecule has 0 aliphatic carbocycles. The van der Waals surface area contributed by atoms with E-state index in [0.717, 1.165) is 49.0 Å². The van der Waals surface area contributed by atoms with E-state index in [9.17, 15) is 8.42 Å². The second-order valence-corrected chi connectivity index (χ2v) is 9.01. The molecule has 0 amide bonds. The second kappa shape index (κ2) is 8.27. The van der Waals surface area contributed by atoms with Crippen molar-refractivity contribution in [2.45, 2.75) is 39.4 Å². The third-order valence-electron chi connectivity index (χ3n) is 4.36. The minimum absolute atomic E-state index is 0.0620. The fourth-order valence-electron chi connectivity index (χ4n) is 3.58. The summed E-state index contributed by atoms with van der Waals surface area (Å²) < 4.78 is 27.0. The normalized spacial score (nSPS) is 23.1. The van der Waals surface area contributed by atoms with Crippen LogP contribution in [-0.4, -0.2) is 39.5 Å². The van der Waals surface area contributed by atoms with Gasteiger partial charge in [0.25, 0.3) is 0 Å². The number of sulfonamides is 1. The molecule has 0 saturated carbocycles. The highest BCUT2D eigenvalue weighted by atomic mass is 32.2. The van der Waals surface area contributed by atoms with E-state index in [-0.39, 0.29) is 5.75 Å². The molecule has 2 atom stereocenters. The summed E-state index contributed by atoms with van der Waals surface area (Å²) in [6.45, 7) is 10.3. The molecule has 1 fully saturated rings. The second-order valence-electron chi connectivity index (χ2n) is 7.20. The summed E-state index contributed by atoms with van der Waals surface area (Å²) in [7, 11) is -3.24. The molecule has 23 heavy (non-hydrogen) atoms. The highest BCUT2D eigenvalue weighted by Crippen LogP contribution is 2.20. The van der Waals surface area contributed by atoms with Crippen LogP contribution in [0.25, 0.3) is 0 Å². The van der Waals surface area contributed by atoms with Crippen LogP contribution >= 0.6 is 0 Å². The summed E-state index contributed by atoms with van der Waals surface area (Å²) in [4.78, 5) is 2.47.